The van der Waals surface area contributed by atoms with Gasteiger partial charge in [0.2, 0.25) is 0 Å². The summed E-state index contributed by atoms with van der Waals surface area (Å²) in [6.07, 6.45) is 12.5. The Hall–Kier alpha value is -1.38. The van der Waals surface area contributed by atoms with E-state index >= 15 is 0 Å². The molecule has 0 bridgehead atoms. The van der Waals surface area contributed by atoms with Gasteiger partial charge in [-0.25, -0.2) is 0 Å². The minimum absolute atomic E-state index is 0.0227. The van der Waals surface area contributed by atoms with Gasteiger partial charge in [0.05, 0.1) is 0 Å². The second-order valence-electron chi connectivity index (χ2n) is 9.63. The van der Waals surface area contributed by atoms with E-state index in [2.05, 4.69) is 26.0 Å². The quantitative estimate of drug-likeness (QED) is 0.654. The number of rotatable bonds is 2. The molecule has 3 saturated carbocycles. The van der Waals surface area contributed by atoms with Crippen LogP contribution in [-0.2, 0) is 14.3 Å². The van der Waals surface area contributed by atoms with Gasteiger partial charge in [-0.05, 0) is 75.0 Å². The standard InChI is InChI=1S/C23H32O3/c1-14(24)19-7-8-20-18-6-5-16-13-17(26-15(2)25)9-11-22(16,3)21(18)10-12-23(19,20)4/h7-8,16-18,21H,5-6,9-13H2,1-4H3/t16-,17-,18-,21-,22-,23+/m0/s1. The summed E-state index contributed by atoms with van der Waals surface area (Å²) in [6, 6.07) is 0. The van der Waals surface area contributed by atoms with Crippen LogP contribution < -0.4 is 0 Å². The van der Waals surface area contributed by atoms with Gasteiger partial charge in [0.25, 0.3) is 0 Å². The molecule has 0 radical (unpaired) electrons. The lowest BCUT2D eigenvalue weighted by atomic mass is 9.46. The molecule has 0 aromatic rings. The Labute approximate surface area is 157 Å². The molecular weight excluding hydrogens is 324 g/mol. The van der Waals surface area contributed by atoms with Crippen molar-refractivity contribution in [3.8, 4) is 0 Å². The van der Waals surface area contributed by atoms with Gasteiger partial charge in [-0.3, -0.25) is 9.59 Å². The van der Waals surface area contributed by atoms with Crippen molar-refractivity contribution in [3.05, 3.63) is 23.3 Å². The van der Waals surface area contributed by atoms with E-state index in [0.717, 1.165) is 31.3 Å². The first kappa shape index (κ1) is 18.0. The SMILES string of the molecule is CC(=O)O[C@H]1CC[C@@]2(C)[C@@H](CC[C@H]3C4=CC=C(C(C)=O)[C@@]4(C)CC[C@@H]32)C1. The molecule has 0 amide bonds. The van der Waals surface area contributed by atoms with Gasteiger partial charge in [0.1, 0.15) is 6.10 Å². The zero-order valence-corrected chi connectivity index (χ0v) is 16.6. The predicted molar refractivity (Wildman–Crippen MR) is 101 cm³/mol. The van der Waals surface area contributed by atoms with Gasteiger partial charge in [-0.1, -0.05) is 31.6 Å². The van der Waals surface area contributed by atoms with Crippen molar-refractivity contribution in [2.75, 3.05) is 0 Å². The number of hydrogen-bond donors (Lipinski definition) is 0. The third-order valence-corrected chi connectivity index (χ3v) is 8.37. The molecule has 4 aliphatic carbocycles. The van der Waals surface area contributed by atoms with Gasteiger partial charge < -0.3 is 4.74 Å². The van der Waals surface area contributed by atoms with E-state index in [1.165, 1.54) is 31.8 Å². The fourth-order valence-electron chi connectivity index (χ4n) is 7.06. The highest BCUT2D eigenvalue weighted by Gasteiger charge is 2.57. The van der Waals surface area contributed by atoms with Crippen LogP contribution >= 0.6 is 0 Å². The minimum Gasteiger partial charge on any atom is -0.463 e. The summed E-state index contributed by atoms with van der Waals surface area (Å²) in [5, 5.41) is 0. The third-order valence-electron chi connectivity index (χ3n) is 8.37. The van der Waals surface area contributed by atoms with Crippen molar-refractivity contribution in [1.29, 1.82) is 0 Å². The molecule has 0 heterocycles. The zero-order valence-electron chi connectivity index (χ0n) is 16.6. The largest absolute Gasteiger partial charge is 0.463 e. The number of ether oxygens (including phenoxy) is 1. The summed E-state index contributed by atoms with van der Waals surface area (Å²) in [4.78, 5) is 23.5. The van der Waals surface area contributed by atoms with Gasteiger partial charge in [-0.2, -0.15) is 0 Å². The molecule has 6 atom stereocenters. The summed E-state index contributed by atoms with van der Waals surface area (Å²) in [5.41, 5.74) is 2.88. The normalized spacial score (nSPS) is 44.2. The molecule has 3 nitrogen and oxygen atoms in total. The number of hydrogen-bond acceptors (Lipinski definition) is 3. The van der Waals surface area contributed by atoms with Crippen LogP contribution in [0.4, 0.5) is 0 Å². The molecule has 0 saturated heterocycles. The van der Waals surface area contributed by atoms with Crippen LogP contribution in [0.3, 0.4) is 0 Å². The van der Waals surface area contributed by atoms with Crippen LogP contribution in [-0.4, -0.2) is 17.9 Å². The van der Waals surface area contributed by atoms with E-state index in [4.69, 9.17) is 4.74 Å². The molecule has 0 aromatic heterocycles. The highest BCUT2D eigenvalue weighted by atomic mass is 16.5. The maximum absolute atomic E-state index is 12.1. The van der Waals surface area contributed by atoms with Crippen LogP contribution in [0.15, 0.2) is 23.3 Å². The Balaban J connectivity index is 1.56. The maximum Gasteiger partial charge on any atom is 0.302 e. The van der Waals surface area contributed by atoms with Crippen LogP contribution in [0.1, 0.15) is 72.6 Å². The third kappa shape index (κ3) is 2.53. The molecule has 26 heavy (non-hydrogen) atoms. The smallest absolute Gasteiger partial charge is 0.302 e. The Bertz CT molecular complexity index is 702. The molecule has 4 aliphatic rings. The lowest BCUT2D eigenvalue weighted by Crippen LogP contribution is -2.52. The van der Waals surface area contributed by atoms with E-state index < -0.39 is 0 Å². The number of carbonyl (C=O) groups is 2. The van der Waals surface area contributed by atoms with Gasteiger partial charge >= 0.3 is 5.97 Å². The monoisotopic (exact) mass is 356 g/mol. The highest BCUT2D eigenvalue weighted by molar-refractivity contribution is 5.96. The van der Waals surface area contributed by atoms with Crippen molar-refractivity contribution in [1.82, 2.24) is 0 Å². The Morgan fingerprint density at radius 1 is 1.04 bits per heavy atom. The van der Waals surface area contributed by atoms with Crippen LogP contribution in [0.2, 0.25) is 0 Å². The van der Waals surface area contributed by atoms with Crippen LogP contribution in [0.5, 0.6) is 0 Å². The molecule has 0 N–H and O–H groups in total. The lowest BCUT2D eigenvalue weighted by molar-refractivity contribution is -0.154. The average molecular weight is 357 g/mol. The number of ketones is 1. The predicted octanol–water partition coefficient (Wildman–Crippen LogP) is 5.01. The van der Waals surface area contributed by atoms with Crippen molar-refractivity contribution in [2.45, 2.75) is 78.7 Å². The van der Waals surface area contributed by atoms with E-state index in [0.29, 0.717) is 23.2 Å². The van der Waals surface area contributed by atoms with E-state index in [9.17, 15) is 9.59 Å². The van der Waals surface area contributed by atoms with Crippen molar-refractivity contribution >= 4 is 11.8 Å². The Morgan fingerprint density at radius 2 is 1.81 bits per heavy atom. The molecule has 0 aromatic carbocycles. The van der Waals surface area contributed by atoms with E-state index in [1.54, 1.807) is 6.92 Å². The van der Waals surface area contributed by atoms with E-state index in [1.807, 2.05) is 0 Å². The number of carbonyl (C=O) groups excluding carboxylic acids is 2. The van der Waals surface area contributed by atoms with Crippen molar-refractivity contribution in [2.24, 2.45) is 28.6 Å². The number of esters is 1. The van der Waals surface area contributed by atoms with Crippen molar-refractivity contribution in [3.63, 3.8) is 0 Å². The topological polar surface area (TPSA) is 43.4 Å². The summed E-state index contributed by atoms with van der Waals surface area (Å²) in [6.45, 7) is 8.03. The molecule has 0 unspecified atom stereocenters. The second-order valence-corrected chi connectivity index (χ2v) is 9.63. The first-order chi connectivity index (χ1) is 12.3. The first-order valence-electron chi connectivity index (χ1n) is 10.4. The molecule has 142 valence electrons. The second kappa shape index (κ2) is 6.07. The summed E-state index contributed by atoms with van der Waals surface area (Å²) < 4.78 is 5.55. The number of allylic oxidation sites excluding steroid dienone is 4. The number of Topliss-reactive ketones (excluding diaryl/α,β-unsaturated/α-hetero) is 1. The minimum atomic E-state index is -0.139. The van der Waals surface area contributed by atoms with Crippen LogP contribution in [0.25, 0.3) is 0 Å². The van der Waals surface area contributed by atoms with Gasteiger partial charge in [0.15, 0.2) is 5.78 Å². The maximum atomic E-state index is 12.1. The number of fused-ring (bicyclic) bond motifs is 5. The Kier molecular flexibility index (Phi) is 4.20. The van der Waals surface area contributed by atoms with Gasteiger partial charge in [0, 0.05) is 17.9 Å². The molecule has 4 rings (SSSR count). The fourth-order valence-corrected chi connectivity index (χ4v) is 7.06. The molecule has 3 fully saturated rings. The highest BCUT2D eigenvalue weighted by Crippen LogP contribution is 2.65. The summed E-state index contributed by atoms with van der Waals surface area (Å²) in [5.74, 6) is 2.08. The molecule has 0 spiro atoms. The molecular formula is C23H32O3. The Morgan fingerprint density at radius 3 is 2.50 bits per heavy atom. The van der Waals surface area contributed by atoms with Gasteiger partial charge in [-0.15, -0.1) is 0 Å². The summed E-state index contributed by atoms with van der Waals surface area (Å²) in [7, 11) is 0. The van der Waals surface area contributed by atoms with Crippen molar-refractivity contribution < 1.29 is 14.3 Å². The van der Waals surface area contributed by atoms with E-state index in [-0.39, 0.29) is 23.3 Å². The zero-order chi connectivity index (χ0) is 18.7. The lowest BCUT2D eigenvalue weighted by Gasteiger charge is -2.59. The average Bonchev–Trinajstić information content (AvgIpc) is 2.92. The van der Waals surface area contributed by atoms with Crippen LogP contribution in [0, 0.1) is 28.6 Å². The summed E-state index contributed by atoms with van der Waals surface area (Å²) >= 11 is 0. The first-order valence-corrected chi connectivity index (χ1v) is 10.4. The fraction of sp³-hybridized carbons (Fsp3) is 0.739. The molecule has 3 heteroatoms. The molecule has 0 aliphatic heterocycles.